The number of nitrogens with zero attached hydrogens (tertiary/aromatic N) is 1. The van der Waals surface area contributed by atoms with E-state index in [4.69, 9.17) is 21.1 Å². The lowest BCUT2D eigenvalue weighted by Crippen LogP contribution is -2.44. The molecule has 1 atom stereocenters. The molecule has 1 unspecified atom stereocenters. The average molecular weight is 417 g/mol. The molecule has 1 fully saturated rings. The van der Waals surface area contributed by atoms with Crippen LogP contribution in [0.2, 0.25) is 5.02 Å². The summed E-state index contributed by atoms with van der Waals surface area (Å²) in [5.41, 5.74) is 0.570. The molecule has 29 heavy (non-hydrogen) atoms. The molecule has 2 aromatic rings. The van der Waals surface area contributed by atoms with Gasteiger partial charge in [0.2, 0.25) is 0 Å². The minimum Gasteiger partial charge on any atom is -0.457 e. The van der Waals surface area contributed by atoms with Gasteiger partial charge in [-0.3, -0.25) is 0 Å². The van der Waals surface area contributed by atoms with Crippen molar-refractivity contribution in [2.45, 2.75) is 39.2 Å². The fourth-order valence-corrected chi connectivity index (χ4v) is 3.39. The highest BCUT2D eigenvalue weighted by Gasteiger charge is 2.27. The topological polar surface area (TPSA) is 50.8 Å². The number of nitrogens with one attached hydrogen (secondary N) is 1. The molecular weight excluding hydrogens is 388 g/mol. The van der Waals surface area contributed by atoms with Crippen molar-refractivity contribution in [2.75, 3.05) is 25.0 Å². The summed E-state index contributed by atoms with van der Waals surface area (Å²) < 4.78 is 11.3. The molecule has 5 nitrogen and oxygen atoms in total. The summed E-state index contributed by atoms with van der Waals surface area (Å²) in [6, 6.07) is 15.2. The lowest BCUT2D eigenvalue weighted by Gasteiger charge is -2.34. The Kier molecular flexibility index (Phi) is 6.91. The summed E-state index contributed by atoms with van der Waals surface area (Å²) in [4.78, 5) is 14.1. The minimum atomic E-state index is -0.460. The number of halogens is 1. The van der Waals surface area contributed by atoms with Crippen LogP contribution >= 0.6 is 11.6 Å². The molecule has 1 saturated heterocycles. The maximum atomic E-state index is 12.3. The van der Waals surface area contributed by atoms with E-state index in [9.17, 15) is 4.79 Å². The van der Waals surface area contributed by atoms with E-state index in [0.29, 0.717) is 10.9 Å². The van der Waals surface area contributed by atoms with Gasteiger partial charge < -0.3 is 19.7 Å². The molecule has 156 valence electrons. The lowest BCUT2D eigenvalue weighted by atomic mass is 9.98. The van der Waals surface area contributed by atoms with Crippen molar-refractivity contribution in [3.05, 3.63) is 53.6 Å². The number of ether oxygens (including phenoxy) is 2. The fraction of sp³-hybridized carbons (Fsp3) is 0.435. The summed E-state index contributed by atoms with van der Waals surface area (Å²) in [5.74, 6) is 1.92. The molecular formula is C23H29ClN2O3. The molecule has 0 spiro atoms. The van der Waals surface area contributed by atoms with Gasteiger partial charge in [0.25, 0.3) is 0 Å². The highest BCUT2D eigenvalue weighted by atomic mass is 35.5. The van der Waals surface area contributed by atoms with E-state index in [2.05, 4.69) is 5.32 Å². The van der Waals surface area contributed by atoms with Gasteiger partial charge in [-0.25, -0.2) is 4.79 Å². The van der Waals surface area contributed by atoms with Crippen LogP contribution in [0.4, 0.5) is 10.5 Å². The van der Waals surface area contributed by atoms with Crippen LogP contribution in [0.3, 0.4) is 0 Å². The third-order valence-corrected chi connectivity index (χ3v) is 4.92. The normalized spacial score (nSPS) is 17.0. The molecule has 1 aliphatic rings. The maximum Gasteiger partial charge on any atom is 0.410 e. The highest BCUT2D eigenvalue weighted by Crippen LogP contribution is 2.25. The van der Waals surface area contributed by atoms with E-state index < -0.39 is 5.60 Å². The second kappa shape index (κ2) is 9.40. The molecule has 0 aromatic heterocycles. The molecule has 1 amide bonds. The van der Waals surface area contributed by atoms with Gasteiger partial charge in [-0.15, -0.1) is 0 Å². The zero-order valence-electron chi connectivity index (χ0n) is 17.3. The summed E-state index contributed by atoms with van der Waals surface area (Å²) in [7, 11) is 0. The quantitative estimate of drug-likeness (QED) is 0.631. The molecule has 0 bridgehead atoms. The van der Waals surface area contributed by atoms with Crippen LogP contribution in [0.15, 0.2) is 48.5 Å². The zero-order valence-corrected chi connectivity index (χ0v) is 18.0. The number of likely N-dealkylation sites (tertiary alicyclic amines) is 1. The van der Waals surface area contributed by atoms with Crippen LogP contribution in [0.1, 0.15) is 33.6 Å². The Morgan fingerprint density at radius 2 is 1.72 bits per heavy atom. The summed E-state index contributed by atoms with van der Waals surface area (Å²) >= 11 is 5.90. The number of rotatable bonds is 5. The first-order valence-corrected chi connectivity index (χ1v) is 10.4. The minimum absolute atomic E-state index is 0.217. The molecule has 1 heterocycles. The number of benzene rings is 2. The summed E-state index contributed by atoms with van der Waals surface area (Å²) in [5, 5.41) is 4.15. The third kappa shape index (κ3) is 6.86. The number of piperidine rings is 1. The SMILES string of the molecule is CC(C)(C)OC(=O)N1CCCC(CNc2ccc(Oc3ccc(Cl)cc3)cc2)C1. The Morgan fingerprint density at radius 1 is 1.10 bits per heavy atom. The van der Waals surface area contributed by atoms with Gasteiger partial charge >= 0.3 is 6.09 Å². The molecule has 1 N–H and O–H groups in total. The van der Waals surface area contributed by atoms with Gasteiger partial charge in [-0.1, -0.05) is 11.6 Å². The van der Waals surface area contributed by atoms with Crippen molar-refractivity contribution in [3.63, 3.8) is 0 Å². The van der Waals surface area contributed by atoms with Gasteiger partial charge in [0.15, 0.2) is 0 Å². The largest absolute Gasteiger partial charge is 0.457 e. The molecule has 0 aliphatic carbocycles. The summed E-state index contributed by atoms with van der Waals surface area (Å²) in [6.45, 7) is 8.00. The van der Waals surface area contributed by atoms with Crippen LogP contribution in [0, 0.1) is 5.92 Å². The van der Waals surface area contributed by atoms with Crippen LogP contribution in [0.5, 0.6) is 11.5 Å². The van der Waals surface area contributed by atoms with Gasteiger partial charge in [0.1, 0.15) is 17.1 Å². The van der Waals surface area contributed by atoms with Crippen molar-refractivity contribution in [1.82, 2.24) is 4.90 Å². The predicted molar refractivity (Wildman–Crippen MR) is 117 cm³/mol. The second-order valence-electron chi connectivity index (χ2n) is 8.40. The number of hydrogen-bond acceptors (Lipinski definition) is 4. The number of carbonyl (C=O) groups excluding carboxylic acids is 1. The summed E-state index contributed by atoms with van der Waals surface area (Å²) in [6.07, 6.45) is 1.88. The average Bonchev–Trinajstić information content (AvgIpc) is 2.68. The first kappa shape index (κ1) is 21.3. The smallest absolute Gasteiger partial charge is 0.410 e. The number of anilines is 1. The van der Waals surface area contributed by atoms with E-state index in [1.165, 1.54) is 0 Å². The molecule has 0 radical (unpaired) electrons. The van der Waals surface area contributed by atoms with Crippen molar-refractivity contribution in [3.8, 4) is 11.5 Å². The second-order valence-corrected chi connectivity index (χ2v) is 8.83. The molecule has 0 saturated carbocycles. The standard InChI is InChI=1S/C23H29ClN2O3/c1-23(2,3)29-22(27)26-14-4-5-17(16-26)15-25-19-8-12-21(13-9-19)28-20-10-6-18(24)7-11-20/h6-13,17,25H,4-5,14-16H2,1-3H3. The molecule has 6 heteroatoms. The van der Waals surface area contributed by atoms with E-state index in [-0.39, 0.29) is 6.09 Å². The molecule has 1 aliphatic heterocycles. The first-order valence-electron chi connectivity index (χ1n) is 10.0. The first-order chi connectivity index (χ1) is 13.8. The van der Waals surface area contributed by atoms with E-state index >= 15 is 0 Å². The Morgan fingerprint density at radius 3 is 2.34 bits per heavy atom. The van der Waals surface area contributed by atoms with Crippen LogP contribution in [-0.2, 0) is 4.74 Å². The third-order valence-electron chi connectivity index (χ3n) is 4.67. The van der Waals surface area contributed by atoms with Gasteiger partial charge in [0, 0.05) is 30.3 Å². The Bertz CT molecular complexity index is 800. The van der Waals surface area contributed by atoms with Gasteiger partial charge in [-0.2, -0.15) is 0 Å². The van der Waals surface area contributed by atoms with Crippen LogP contribution in [0.25, 0.3) is 0 Å². The van der Waals surface area contributed by atoms with Crippen LogP contribution < -0.4 is 10.1 Å². The van der Waals surface area contributed by atoms with Crippen molar-refractivity contribution < 1.29 is 14.3 Å². The van der Waals surface area contributed by atoms with Crippen molar-refractivity contribution >= 4 is 23.4 Å². The Balaban J connectivity index is 1.48. The Labute approximate surface area is 177 Å². The molecule has 3 rings (SSSR count). The lowest BCUT2D eigenvalue weighted by molar-refractivity contribution is 0.0172. The fourth-order valence-electron chi connectivity index (χ4n) is 3.27. The zero-order chi connectivity index (χ0) is 20.9. The monoisotopic (exact) mass is 416 g/mol. The van der Waals surface area contributed by atoms with E-state index in [1.54, 1.807) is 12.1 Å². The maximum absolute atomic E-state index is 12.3. The van der Waals surface area contributed by atoms with Crippen LogP contribution in [-0.4, -0.2) is 36.2 Å². The van der Waals surface area contributed by atoms with Gasteiger partial charge in [0.05, 0.1) is 0 Å². The van der Waals surface area contributed by atoms with Gasteiger partial charge in [-0.05, 0) is 88.1 Å². The van der Waals surface area contributed by atoms with Crippen molar-refractivity contribution in [2.24, 2.45) is 5.92 Å². The number of carbonyl (C=O) groups is 1. The van der Waals surface area contributed by atoms with Crippen molar-refractivity contribution in [1.29, 1.82) is 0 Å². The highest BCUT2D eigenvalue weighted by molar-refractivity contribution is 6.30. The number of amides is 1. The predicted octanol–water partition coefficient (Wildman–Crippen LogP) is 6.19. The Hall–Kier alpha value is -2.40. The number of hydrogen-bond donors (Lipinski definition) is 1. The van der Waals surface area contributed by atoms with E-state index in [1.807, 2.05) is 62.1 Å². The van der Waals surface area contributed by atoms with E-state index in [0.717, 1.165) is 49.7 Å². The molecule has 2 aromatic carbocycles.